The summed E-state index contributed by atoms with van der Waals surface area (Å²) in [5, 5.41) is 9.05. The van der Waals surface area contributed by atoms with E-state index in [0.717, 1.165) is 36.4 Å². The summed E-state index contributed by atoms with van der Waals surface area (Å²) in [5.41, 5.74) is 2.08. The van der Waals surface area contributed by atoms with Crippen molar-refractivity contribution in [3.8, 4) is 17.6 Å². The van der Waals surface area contributed by atoms with Gasteiger partial charge in [-0.1, -0.05) is 0 Å². The Bertz CT molecular complexity index is 801. The van der Waals surface area contributed by atoms with Gasteiger partial charge in [-0.2, -0.15) is 5.26 Å². The number of halogens is 1. The fraction of sp³-hybridized carbons (Fsp3) is 0.350. The number of methoxy groups -OCH3 is 2. The molecule has 0 bridgehead atoms. The summed E-state index contributed by atoms with van der Waals surface area (Å²) >= 11 is 0. The molecule has 5 heteroatoms. The first-order valence-electron chi connectivity index (χ1n) is 8.30. The Hall–Kier alpha value is -2.58. The van der Waals surface area contributed by atoms with E-state index in [-0.39, 0.29) is 11.9 Å². The highest BCUT2D eigenvalue weighted by molar-refractivity contribution is 5.43. The van der Waals surface area contributed by atoms with Gasteiger partial charge in [0.2, 0.25) is 0 Å². The van der Waals surface area contributed by atoms with Crippen molar-refractivity contribution in [2.75, 3.05) is 20.8 Å². The van der Waals surface area contributed by atoms with Crippen LogP contribution in [0.3, 0.4) is 0 Å². The third kappa shape index (κ3) is 3.59. The summed E-state index contributed by atoms with van der Waals surface area (Å²) in [6, 6.07) is 12.5. The molecule has 2 aromatic carbocycles. The molecule has 0 aromatic heterocycles. The Balaban J connectivity index is 1.90. The zero-order valence-corrected chi connectivity index (χ0v) is 14.5. The van der Waals surface area contributed by atoms with Gasteiger partial charge in [0.15, 0.2) is 0 Å². The highest BCUT2D eigenvalue weighted by atomic mass is 19.1. The molecule has 4 nitrogen and oxygen atoms in total. The highest BCUT2D eigenvalue weighted by Gasteiger charge is 2.29. The van der Waals surface area contributed by atoms with Crippen LogP contribution in [0.2, 0.25) is 0 Å². The van der Waals surface area contributed by atoms with Crippen LogP contribution in [0.15, 0.2) is 36.4 Å². The second kappa shape index (κ2) is 7.54. The van der Waals surface area contributed by atoms with Crippen molar-refractivity contribution >= 4 is 0 Å². The molecule has 1 aliphatic rings. The molecule has 0 N–H and O–H groups in total. The molecule has 1 saturated heterocycles. The van der Waals surface area contributed by atoms with Gasteiger partial charge in [0.25, 0.3) is 0 Å². The van der Waals surface area contributed by atoms with Gasteiger partial charge in [-0.05, 0) is 55.8 Å². The molecule has 1 fully saturated rings. The van der Waals surface area contributed by atoms with Gasteiger partial charge in [0.05, 0.1) is 25.9 Å². The Kier molecular flexibility index (Phi) is 5.20. The van der Waals surface area contributed by atoms with Crippen LogP contribution in [0.1, 0.15) is 35.6 Å². The largest absolute Gasteiger partial charge is 0.497 e. The van der Waals surface area contributed by atoms with E-state index in [0.29, 0.717) is 17.7 Å². The van der Waals surface area contributed by atoms with E-state index in [2.05, 4.69) is 11.0 Å². The van der Waals surface area contributed by atoms with Crippen molar-refractivity contribution in [3.05, 3.63) is 58.9 Å². The number of hydrogen-bond donors (Lipinski definition) is 0. The second-order valence-corrected chi connectivity index (χ2v) is 6.15. The Morgan fingerprint density at radius 1 is 1.20 bits per heavy atom. The maximum absolute atomic E-state index is 14.2. The van der Waals surface area contributed by atoms with E-state index in [1.165, 1.54) is 12.1 Å². The van der Waals surface area contributed by atoms with E-state index in [4.69, 9.17) is 14.7 Å². The zero-order valence-electron chi connectivity index (χ0n) is 14.5. The molecular weight excluding hydrogens is 319 g/mol. The van der Waals surface area contributed by atoms with Crippen LogP contribution >= 0.6 is 0 Å². The van der Waals surface area contributed by atoms with Gasteiger partial charge < -0.3 is 9.47 Å². The third-order valence-corrected chi connectivity index (χ3v) is 4.71. The summed E-state index contributed by atoms with van der Waals surface area (Å²) in [5.74, 6) is 1.31. The highest BCUT2D eigenvalue weighted by Crippen LogP contribution is 2.39. The lowest BCUT2D eigenvalue weighted by atomic mass is 10.0. The molecular formula is C20H21FN2O2. The van der Waals surface area contributed by atoms with Crippen molar-refractivity contribution in [3.63, 3.8) is 0 Å². The number of hydrogen-bond acceptors (Lipinski definition) is 4. The third-order valence-electron chi connectivity index (χ3n) is 4.71. The van der Waals surface area contributed by atoms with E-state index < -0.39 is 0 Å². The lowest BCUT2D eigenvalue weighted by Gasteiger charge is -2.26. The average molecular weight is 340 g/mol. The average Bonchev–Trinajstić information content (AvgIpc) is 3.11. The number of benzene rings is 2. The van der Waals surface area contributed by atoms with Crippen LogP contribution in [0, 0.1) is 17.1 Å². The van der Waals surface area contributed by atoms with E-state index in [1.54, 1.807) is 20.3 Å². The summed E-state index contributed by atoms with van der Waals surface area (Å²) in [6.45, 7) is 1.34. The molecule has 1 unspecified atom stereocenters. The van der Waals surface area contributed by atoms with Crippen molar-refractivity contribution in [2.24, 2.45) is 0 Å². The SMILES string of the molecule is COc1ccc(OC)c(C2CCCN2Cc2cc(C#N)ccc2F)c1. The summed E-state index contributed by atoms with van der Waals surface area (Å²) < 4.78 is 25.0. The Morgan fingerprint density at radius 3 is 2.76 bits per heavy atom. The number of nitrogens with zero attached hydrogens (tertiary/aromatic N) is 2. The molecule has 3 rings (SSSR count). The lowest BCUT2D eigenvalue weighted by molar-refractivity contribution is 0.239. The summed E-state index contributed by atoms with van der Waals surface area (Å²) in [4.78, 5) is 2.23. The van der Waals surface area contributed by atoms with Crippen molar-refractivity contribution in [2.45, 2.75) is 25.4 Å². The molecule has 1 aliphatic heterocycles. The second-order valence-electron chi connectivity index (χ2n) is 6.15. The van der Waals surface area contributed by atoms with Crippen molar-refractivity contribution in [1.82, 2.24) is 4.90 Å². The molecule has 0 amide bonds. The predicted octanol–water partition coefficient (Wildman–Crippen LogP) is 4.05. The lowest BCUT2D eigenvalue weighted by Crippen LogP contribution is -2.23. The van der Waals surface area contributed by atoms with Crippen LogP contribution in [0.5, 0.6) is 11.5 Å². The molecule has 2 aromatic rings. The predicted molar refractivity (Wildman–Crippen MR) is 93.0 cm³/mol. The molecule has 0 spiro atoms. The molecule has 0 radical (unpaired) electrons. The first-order valence-corrected chi connectivity index (χ1v) is 8.30. The van der Waals surface area contributed by atoms with Crippen LogP contribution in [-0.4, -0.2) is 25.7 Å². The zero-order chi connectivity index (χ0) is 17.8. The first-order chi connectivity index (χ1) is 12.2. The quantitative estimate of drug-likeness (QED) is 0.824. The smallest absolute Gasteiger partial charge is 0.127 e. The first kappa shape index (κ1) is 17.2. The summed E-state index contributed by atoms with van der Waals surface area (Å²) in [6.07, 6.45) is 2.01. The Labute approximate surface area is 147 Å². The van der Waals surface area contributed by atoms with Crippen molar-refractivity contribution in [1.29, 1.82) is 5.26 Å². The van der Waals surface area contributed by atoms with Gasteiger partial charge in [-0.25, -0.2) is 4.39 Å². The number of likely N-dealkylation sites (tertiary alicyclic amines) is 1. The minimum Gasteiger partial charge on any atom is -0.497 e. The van der Waals surface area contributed by atoms with Gasteiger partial charge in [0, 0.05) is 23.7 Å². The molecule has 0 saturated carbocycles. The molecule has 1 atom stereocenters. The minimum absolute atomic E-state index is 0.134. The standard InChI is InChI=1S/C20H21FN2O2/c1-24-16-6-8-20(25-2)17(11-16)19-4-3-9-23(19)13-15-10-14(12-22)5-7-18(15)21/h5-8,10-11,19H,3-4,9,13H2,1-2H3. The normalized spacial score (nSPS) is 17.3. The molecule has 0 aliphatic carbocycles. The molecule has 130 valence electrons. The van der Waals surface area contributed by atoms with Gasteiger partial charge in [-0.15, -0.1) is 0 Å². The topological polar surface area (TPSA) is 45.5 Å². The van der Waals surface area contributed by atoms with Crippen LogP contribution in [0.25, 0.3) is 0 Å². The monoisotopic (exact) mass is 340 g/mol. The Morgan fingerprint density at radius 2 is 2.04 bits per heavy atom. The minimum atomic E-state index is -0.276. The fourth-order valence-corrected chi connectivity index (χ4v) is 3.45. The maximum atomic E-state index is 14.2. The van der Waals surface area contributed by atoms with Gasteiger partial charge in [-0.3, -0.25) is 4.90 Å². The maximum Gasteiger partial charge on any atom is 0.127 e. The number of nitriles is 1. The number of rotatable bonds is 5. The van der Waals surface area contributed by atoms with E-state index in [9.17, 15) is 4.39 Å². The van der Waals surface area contributed by atoms with E-state index >= 15 is 0 Å². The van der Waals surface area contributed by atoms with Crippen LogP contribution in [-0.2, 0) is 6.54 Å². The van der Waals surface area contributed by atoms with Gasteiger partial charge in [0.1, 0.15) is 17.3 Å². The van der Waals surface area contributed by atoms with E-state index in [1.807, 2.05) is 18.2 Å². The fourth-order valence-electron chi connectivity index (χ4n) is 3.45. The van der Waals surface area contributed by atoms with Crippen molar-refractivity contribution < 1.29 is 13.9 Å². The van der Waals surface area contributed by atoms with Crippen LogP contribution < -0.4 is 9.47 Å². The van der Waals surface area contributed by atoms with Gasteiger partial charge >= 0.3 is 0 Å². The number of ether oxygens (including phenoxy) is 2. The summed E-state index contributed by atoms with van der Waals surface area (Å²) in [7, 11) is 3.29. The molecule has 1 heterocycles. The molecule has 25 heavy (non-hydrogen) atoms. The van der Waals surface area contributed by atoms with Crippen LogP contribution in [0.4, 0.5) is 4.39 Å².